The van der Waals surface area contributed by atoms with Crippen molar-refractivity contribution in [2.45, 2.75) is 37.9 Å². The predicted octanol–water partition coefficient (Wildman–Crippen LogP) is 3.02. The van der Waals surface area contributed by atoms with Crippen LogP contribution >= 0.6 is 12.4 Å². The zero-order valence-corrected chi connectivity index (χ0v) is 12.4. The molecule has 0 heterocycles. The number of carboxylic acid groups (broad SMARTS) is 1. The standard InChI is InChI=1S/C15H20N2O2.ClH/c1-11(2)13(16)15(8-9-15)17(14(18)19)10-12-6-4-3-5-7-12;/h3-7,13H,1,8-10,16H2,2H3,(H,18,19);1H. The Morgan fingerprint density at radius 3 is 2.40 bits per heavy atom. The third kappa shape index (κ3) is 3.14. The quantitative estimate of drug-likeness (QED) is 0.821. The maximum atomic E-state index is 11.6. The van der Waals surface area contributed by atoms with Gasteiger partial charge in [0.15, 0.2) is 0 Å². The number of benzene rings is 1. The van der Waals surface area contributed by atoms with Gasteiger partial charge in [-0.05, 0) is 25.3 Å². The maximum Gasteiger partial charge on any atom is 0.408 e. The Balaban J connectivity index is 0.00000200. The van der Waals surface area contributed by atoms with Gasteiger partial charge in [0.2, 0.25) is 0 Å². The first-order chi connectivity index (χ1) is 8.97. The summed E-state index contributed by atoms with van der Waals surface area (Å²) in [6, 6.07) is 9.30. The Bertz CT molecular complexity index is 486. The molecule has 0 bridgehead atoms. The lowest BCUT2D eigenvalue weighted by Gasteiger charge is -2.34. The van der Waals surface area contributed by atoms with E-state index in [4.69, 9.17) is 5.73 Å². The first-order valence-corrected chi connectivity index (χ1v) is 6.43. The molecule has 2 rings (SSSR count). The van der Waals surface area contributed by atoms with Crippen LogP contribution < -0.4 is 5.73 Å². The number of halogens is 1. The summed E-state index contributed by atoms with van der Waals surface area (Å²) in [5.41, 5.74) is 7.49. The molecule has 0 spiro atoms. The van der Waals surface area contributed by atoms with Gasteiger partial charge < -0.3 is 10.8 Å². The minimum absolute atomic E-state index is 0. The van der Waals surface area contributed by atoms with Gasteiger partial charge in [-0.3, -0.25) is 4.90 Å². The van der Waals surface area contributed by atoms with Crippen LogP contribution in [0.3, 0.4) is 0 Å². The highest BCUT2D eigenvalue weighted by molar-refractivity contribution is 5.85. The number of amides is 1. The SMILES string of the molecule is C=C(C)C(N)C1(N(Cc2ccccc2)C(=O)O)CC1.Cl. The summed E-state index contributed by atoms with van der Waals surface area (Å²) in [5.74, 6) is 0. The summed E-state index contributed by atoms with van der Waals surface area (Å²) in [6.45, 7) is 6.09. The number of rotatable bonds is 5. The Hall–Kier alpha value is -1.52. The molecular formula is C15H21ClN2O2. The lowest BCUT2D eigenvalue weighted by Crippen LogP contribution is -2.52. The predicted molar refractivity (Wildman–Crippen MR) is 82.0 cm³/mol. The van der Waals surface area contributed by atoms with E-state index < -0.39 is 11.6 Å². The van der Waals surface area contributed by atoms with Crippen molar-refractivity contribution < 1.29 is 9.90 Å². The minimum atomic E-state index is -0.918. The topological polar surface area (TPSA) is 66.6 Å². The van der Waals surface area contributed by atoms with Gasteiger partial charge in [0.25, 0.3) is 0 Å². The summed E-state index contributed by atoms with van der Waals surface area (Å²) < 4.78 is 0. The van der Waals surface area contributed by atoms with Crippen molar-refractivity contribution in [2.24, 2.45) is 5.73 Å². The lowest BCUT2D eigenvalue weighted by molar-refractivity contribution is 0.106. The van der Waals surface area contributed by atoms with Gasteiger partial charge in [0.1, 0.15) is 0 Å². The molecule has 1 amide bonds. The number of nitrogens with two attached hydrogens (primary N) is 1. The summed E-state index contributed by atoms with van der Waals surface area (Å²) in [7, 11) is 0. The molecule has 3 N–H and O–H groups in total. The fraction of sp³-hybridized carbons (Fsp3) is 0.400. The molecule has 1 atom stereocenters. The van der Waals surface area contributed by atoms with Crippen molar-refractivity contribution in [1.82, 2.24) is 4.90 Å². The van der Waals surface area contributed by atoms with Crippen LogP contribution in [-0.4, -0.2) is 27.7 Å². The van der Waals surface area contributed by atoms with Crippen LogP contribution in [-0.2, 0) is 6.54 Å². The van der Waals surface area contributed by atoms with Gasteiger partial charge in [-0.1, -0.05) is 42.5 Å². The van der Waals surface area contributed by atoms with Crippen LogP contribution in [0.1, 0.15) is 25.3 Å². The first-order valence-electron chi connectivity index (χ1n) is 6.43. The van der Waals surface area contributed by atoms with E-state index in [2.05, 4.69) is 6.58 Å². The van der Waals surface area contributed by atoms with E-state index in [0.717, 1.165) is 24.0 Å². The molecule has 1 aliphatic rings. The summed E-state index contributed by atoms with van der Waals surface area (Å²) in [4.78, 5) is 13.0. The van der Waals surface area contributed by atoms with E-state index in [9.17, 15) is 9.90 Å². The fourth-order valence-corrected chi connectivity index (χ4v) is 2.52. The Morgan fingerprint density at radius 2 is 2.00 bits per heavy atom. The average molecular weight is 297 g/mol. The van der Waals surface area contributed by atoms with Crippen molar-refractivity contribution in [3.8, 4) is 0 Å². The number of hydrogen-bond donors (Lipinski definition) is 2. The third-order valence-electron chi connectivity index (χ3n) is 3.82. The van der Waals surface area contributed by atoms with Crippen molar-refractivity contribution in [3.05, 3.63) is 48.0 Å². The Labute approximate surface area is 125 Å². The lowest BCUT2D eigenvalue weighted by atomic mass is 9.98. The first kappa shape index (κ1) is 16.5. The van der Waals surface area contributed by atoms with E-state index in [1.54, 1.807) is 0 Å². The monoisotopic (exact) mass is 296 g/mol. The zero-order chi connectivity index (χ0) is 14.0. The molecule has 0 radical (unpaired) electrons. The minimum Gasteiger partial charge on any atom is -0.465 e. The van der Waals surface area contributed by atoms with Gasteiger partial charge in [-0.25, -0.2) is 4.79 Å². The van der Waals surface area contributed by atoms with E-state index in [1.165, 1.54) is 4.90 Å². The summed E-state index contributed by atoms with van der Waals surface area (Å²) in [5, 5.41) is 9.48. The van der Waals surface area contributed by atoms with E-state index in [0.29, 0.717) is 6.54 Å². The average Bonchev–Trinajstić information content (AvgIpc) is 3.17. The van der Waals surface area contributed by atoms with Crippen LogP contribution in [0.4, 0.5) is 4.79 Å². The fourth-order valence-electron chi connectivity index (χ4n) is 2.52. The maximum absolute atomic E-state index is 11.6. The molecule has 4 nitrogen and oxygen atoms in total. The van der Waals surface area contributed by atoms with Gasteiger partial charge in [0.05, 0.1) is 5.54 Å². The second-order valence-electron chi connectivity index (χ2n) is 5.28. The Morgan fingerprint density at radius 1 is 1.45 bits per heavy atom. The van der Waals surface area contributed by atoms with Crippen LogP contribution in [0.15, 0.2) is 42.5 Å². The second kappa shape index (κ2) is 6.29. The molecule has 0 saturated heterocycles. The molecule has 110 valence electrons. The normalized spacial score (nSPS) is 16.7. The molecule has 1 aliphatic carbocycles. The molecule has 1 aromatic rings. The molecule has 0 aliphatic heterocycles. The van der Waals surface area contributed by atoms with E-state index >= 15 is 0 Å². The summed E-state index contributed by atoms with van der Waals surface area (Å²) >= 11 is 0. The van der Waals surface area contributed by atoms with E-state index in [1.807, 2.05) is 37.3 Å². The zero-order valence-electron chi connectivity index (χ0n) is 11.6. The molecule has 5 heteroatoms. The molecule has 20 heavy (non-hydrogen) atoms. The summed E-state index contributed by atoms with van der Waals surface area (Å²) in [6.07, 6.45) is 0.693. The largest absolute Gasteiger partial charge is 0.465 e. The van der Waals surface area contributed by atoms with Crippen LogP contribution in [0.5, 0.6) is 0 Å². The smallest absolute Gasteiger partial charge is 0.408 e. The molecule has 1 aromatic carbocycles. The molecule has 1 saturated carbocycles. The Kier molecular flexibility index (Phi) is 5.20. The highest BCUT2D eigenvalue weighted by Crippen LogP contribution is 2.46. The molecular weight excluding hydrogens is 276 g/mol. The second-order valence-corrected chi connectivity index (χ2v) is 5.28. The van der Waals surface area contributed by atoms with E-state index in [-0.39, 0.29) is 18.4 Å². The highest BCUT2D eigenvalue weighted by atomic mass is 35.5. The van der Waals surface area contributed by atoms with Crippen molar-refractivity contribution in [2.75, 3.05) is 0 Å². The van der Waals surface area contributed by atoms with Gasteiger partial charge in [-0.15, -0.1) is 12.4 Å². The van der Waals surface area contributed by atoms with Crippen molar-refractivity contribution in [3.63, 3.8) is 0 Å². The molecule has 1 fully saturated rings. The molecule has 1 unspecified atom stereocenters. The number of hydrogen-bond acceptors (Lipinski definition) is 2. The van der Waals surface area contributed by atoms with Gasteiger partial charge in [-0.2, -0.15) is 0 Å². The number of carbonyl (C=O) groups is 1. The van der Waals surface area contributed by atoms with Gasteiger partial charge in [0, 0.05) is 12.6 Å². The third-order valence-corrected chi connectivity index (χ3v) is 3.82. The van der Waals surface area contributed by atoms with Gasteiger partial charge >= 0.3 is 6.09 Å². The van der Waals surface area contributed by atoms with Crippen LogP contribution in [0.25, 0.3) is 0 Å². The van der Waals surface area contributed by atoms with Crippen molar-refractivity contribution >= 4 is 18.5 Å². The highest BCUT2D eigenvalue weighted by Gasteiger charge is 2.54. The molecule has 0 aromatic heterocycles. The number of nitrogens with zero attached hydrogens (tertiary/aromatic N) is 1. The van der Waals surface area contributed by atoms with Crippen LogP contribution in [0, 0.1) is 0 Å². The van der Waals surface area contributed by atoms with Crippen molar-refractivity contribution in [1.29, 1.82) is 0 Å². The van der Waals surface area contributed by atoms with Crippen LogP contribution in [0.2, 0.25) is 0 Å².